The highest BCUT2D eigenvalue weighted by atomic mass is 16.5. The monoisotopic (exact) mass is 474 g/mol. The Kier molecular flexibility index (Phi) is 7.67. The molecule has 7 nitrogen and oxygen atoms in total. The number of benzene rings is 3. The molecule has 182 valence electrons. The lowest BCUT2D eigenvalue weighted by Crippen LogP contribution is -2.40. The second-order valence-electron chi connectivity index (χ2n) is 8.67. The number of methoxy groups -OCH3 is 2. The SMILES string of the molecule is COC(=O)[C@@H]1C[C@@H](NC(=O)C(c2ccccc2)c2ccccc2)CN1Cc1ccc(OC)c(O)c1. The van der Waals surface area contributed by atoms with Gasteiger partial charge in [-0.25, -0.2) is 0 Å². The van der Waals surface area contributed by atoms with Gasteiger partial charge in [-0.15, -0.1) is 0 Å². The second-order valence-corrected chi connectivity index (χ2v) is 8.67. The standard InChI is InChI=1S/C28H30N2O5/c1-34-25-14-13-19(15-24(25)31)17-30-18-22(16-23(30)28(33)35-2)29-27(32)26(20-9-5-3-6-10-20)21-11-7-4-8-12-21/h3-15,22-23,26,31H,16-18H2,1-2H3,(H,29,32)/t22-,23+/m1/s1. The number of amides is 1. The van der Waals surface area contributed by atoms with Gasteiger partial charge in [0.15, 0.2) is 11.5 Å². The van der Waals surface area contributed by atoms with Crippen LogP contribution in [0, 0.1) is 0 Å². The summed E-state index contributed by atoms with van der Waals surface area (Å²) in [7, 11) is 2.86. The summed E-state index contributed by atoms with van der Waals surface area (Å²) in [4.78, 5) is 28.0. The van der Waals surface area contributed by atoms with E-state index in [1.54, 1.807) is 12.1 Å². The number of esters is 1. The van der Waals surface area contributed by atoms with Gasteiger partial charge in [-0.3, -0.25) is 14.5 Å². The molecule has 1 aliphatic heterocycles. The molecule has 0 aromatic heterocycles. The molecule has 0 radical (unpaired) electrons. The lowest BCUT2D eigenvalue weighted by atomic mass is 9.90. The largest absolute Gasteiger partial charge is 0.504 e. The topological polar surface area (TPSA) is 88.1 Å². The molecule has 0 saturated carbocycles. The highest BCUT2D eigenvalue weighted by molar-refractivity contribution is 5.87. The molecule has 1 heterocycles. The van der Waals surface area contributed by atoms with Crippen molar-refractivity contribution in [1.29, 1.82) is 0 Å². The van der Waals surface area contributed by atoms with Crippen LogP contribution in [0.1, 0.15) is 29.0 Å². The van der Waals surface area contributed by atoms with E-state index in [2.05, 4.69) is 5.32 Å². The Hall–Kier alpha value is -3.84. The Bertz CT molecular complexity index is 1110. The van der Waals surface area contributed by atoms with Crippen molar-refractivity contribution in [2.24, 2.45) is 0 Å². The summed E-state index contributed by atoms with van der Waals surface area (Å²) in [6.45, 7) is 0.902. The van der Waals surface area contributed by atoms with Gasteiger partial charge < -0.3 is 19.9 Å². The van der Waals surface area contributed by atoms with Crippen LogP contribution < -0.4 is 10.1 Å². The Labute approximate surface area is 205 Å². The zero-order valence-corrected chi connectivity index (χ0v) is 19.9. The van der Waals surface area contributed by atoms with E-state index in [0.717, 1.165) is 16.7 Å². The average molecular weight is 475 g/mol. The Morgan fingerprint density at radius 1 is 1.00 bits per heavy atom. The number of hydrogen-bond donors (Lipinski definition) is 2. The van der Waals surface area contributed by atoms with Crippen molar-refractivity contribution in [1.82, 2.24) is 10.2 Å². The molecule has 2 atom stereocenters. The molecule has 1 saturated heterocycles. The van der Waals surface area contributed by atoms with Gasteiger partial charge >= 0.3 is 5.97 Å². The number of carbonyl (C=O) groups excluding carboxylic acids is 2. The van der Waals surface area contributed by atoms with E-state index in [-0.39, 0.29) is 23.7 Å². The number of aromatic hydroxyl groups is 1. The first kappa shape index (κ1) is 24.3. The molecule has 1 aliphatic rings. The summed E-state index contributed by atoms with van der Waals surface area (Å²) in [5.41, 5.74) is 2.64. The number of carbonyl (C=O) groups is 2. The molecule has 7 heteroatoms. The molecule has 0 bridgehead atoms. The third-order valence-corrected chi connectivity index (χ3v) is 6.38. The van der Waals surface area contributed by atoms with E-state index >= 15 is 0 Å². The molecule has 1 fully saturated rings. The van der Waals surface area contributed by atoms with Crippen LogP contribution in [0.4, 0.5) is 0 Å². The van der Waals surface area contributed by atoms with Gasteiger partial charge in [0.25, 0.3) is 0 Å². The van der Waals surface area contributed by atoms with Crippen LogP contribution in [-0.2, 0) is 20.9 Å². The van der Waals surface area contributed by atoms with Crippen LogP contribution >= 0.6 is 0 Å². The summed E-state index contributed by atoms with van der Waals surface area (Å²) in [6, 6.07) is 23.8. The fourth-order valence-corrected chi connectivity index (χ4v) is 4.70. The summed E-state index contributed by atoms with van der Waals surface area (Å²) < 4.78 is 10.2. The first-order chi connectivity index (χ1) is 17.0. The molecule has 0 unspecified atom stereocenters. The van der Waals surface area contributed by atoms with Gasteiger partial charge in [0.1, 0.15) is 6.04 Å². The molecule has 1 amide bonds. The van der Waals surface area contributed by atoms with Gasteiger partial charge in [-0.05, 0) is 35.2 Å². The molecular weight excluding hydrogens is 444 g/mol. The minimum absolute atomic E-state index is 0.0391. The Balaban J connectivity index is 1.52. The van der Waals surface area contributed by atoms with E-state index in [1.165, 1.54) is 14.2 Å². The molecule has 4 rings (SSSR count). The van der Waals surface area contributed by atoms with Crippen molar-refractivity contribution in [3.05, 3.63) is 95.6 Å². The molecule has 0 spiro atoms. The van der Waals surface area contributed by atoms with E-state index < -0.39 is 12.0 Å². The normalized spacial score (nSPS) is 17.8. The maximum Gasteiger partial charge on any atom is 0.323 e. The van der Waals surface area contributed by atoms with Crippen molar-refractivity contribution in [2.75, 3.05) is 20.8 Å². The number of ether oxygens (including phenoxy) is 2. The smallest absolute Gasteiger partial charge is 0.323 e. The first-order valence-corrected chi connectivity index (χ1v) is 11.6. The van der Waals surface area contributed by atoms with E-state index in [9.17, 15) is 14.7 Å². The van der Waals surface area contributed by atoms with Crippen molar-refractivity contribution in [2.45, 2.75) is 31.0 Å². The van der Waals surface area contributed by atoms with Crippen LogP contribution in [0.3, 0.4) is 0 Å². The van der Waals surface area contributed by atoms with E-state index in [0.29, 0.717) is 25.3 Å². The number of phenolic OH excluding ortho intramolecular Hbond substituents is 1. The molecule has 0 aliphatic carbocycles. The maximum absolute atomic E-state index is 13.5. The Morgan fingerprint density at radius 3 is 2.17 bits per heavy atom. The minimum atomic E-state index is -0.499. The highest BCUT2D eigenvalue weighted by Gasteiger charge is 2.39. The third kappa shape index (κ3) is 5.63. The summed E-state index contributed by atoms with van der Waals surface area (Å²) in [6.07, 6.45) is 0.441. The minimum Gasteiger partial charge on any atom is -0.504 e. The fourth-order valence-electron chi connectivity index (χ4n) is 4.70. The van der Waals surface area contributed by atoms with Crippen LogP contribution in [0.25, 0.3) is 0 Å². The highest BCUT2D eigenvalue weighted by Crippen LogP contribution is 2.30. The van der Waals surface area contributed by atoms with Crippen LogP contribution in [-0.4, -0.2) is 54.7 Å². The number of hydrogen-bond acceptors (Lipinski definition) is 6. The maximum atomic E-state index is 13.5. The summed E-state index contributed by atoms with van der Waals surface area (Å²) in [5.74, 6) is -0.487. The van der Waals surface area contributed by atoms with Crippen molar-refractivity contribution in [3.63, 3.8) is 0 Å². The predicted molar refractivity (Wildman–Crippen MR) is 132 cm³/mol. The number of nitrogens with one attached hydrogen (secondary N) is 1. The van der Waals surface area contributed by atoms with Gasteiger partial charge in [-0.1, -0.05) is 66.7 Å². The first-order valence-electron chi connectivity index (χ1n) is 11.6. The van der Waals surface area contributed by atoms with Crippen molar-refractivity contribution >= 4 is 11.9 Å². The van der Waals surface area contributed by atoms with Crippen molar-refractivity contribution < 1.29 is 24.2 Å². The van der Waals surface area contributed by atoms with Gasteiger partial charge in [0.2, 0.25) is 5.91 Å². The second kappa shape index (κ2) is 11.1. The van der Waals surface area contributed by atoms with Gasteiger partial charge in [-0.2, -0.15) is 0 Å². The summed E-state index contributed by atoms with van der Waals surface area (Å²) in [5, 5.41) is 13.3. The third-order valence-electron chi connectivity index (χ3n) is 6.38. The van der Waals surface area contributed by atoms with Gasteiger partial charge in [0.05, 0.1) is 20.1 Å². The number of rotatable bonds is 8. The lowest BCUT2D eigenvalue weighted by molar-refractivity contribution is -0.146. The number of nitrogens with zero attached hydrogens (tertiary/aromatic N) is 1. The predicted octanol–water partition coefficient (Wildman–Crippen LogP) is 3.47. The van der Waals surface area contributed by atoms with Crippen LogP contribution in [0.15, 0.2) is 78.9 Å². The van der Waals surface area contributed by atoms with Crippen LogP contribution in [0.5, 0.6) is 11.5 Å². The molecular formula is C28H30N2O5. The number of likely N-dealkylation sites (tertiary alicyclic amines) is 1. The average Bonchev–Trinajstić information content (AvgIpc) is 3.27. The fraction of sp³-hybridized carbons (Fsp3) is 0.286. The van der Waals surface area contributed by atoms with Crippen molar-refractivity contribution in [3.8, 4) is 11.5 Å². The number of phenols is 1. The Morgan fingerprint density at radius 2 is 1.63 bits per heavy atom. The molecule has 3 aromatic rings. The van der Waals surface area contributed by atoms with E-state index in [1.807, 2.05) is 71.6 Å². The van der Waals surface area contributed by atoms with E-state index in [4.69, 9.17) is 9.47 Å². The molecule has 2 N–H and O–H groups in total. The zero-order chi connectivity index (χ0) is 24.8. The van der Waals surface area contributed by atoms with Crippen LogP contribution in [0.2, 0.25) is 0 Å². The molecule has 3 aromatic carbocycles. The summed E-state index contributed by atoms with van der Waals surface area (Å²) >= 11 is 0. The lowest BCUT2D eigenvalue weighted by Gasteiger charge is -2.23. The van der Waals surface area contributed by atoms with Gasteiger partial charge in [0, 0.05) is 19.1 Å². The molecule has 35 heavy (non-hydrogen) atoms. The quantitative estimate of drug-likeness (QED) is 0.486. The zero-order valence-electron chi connectivity index (χ0n) is 19.9.